The van der Waals surface area contributed by atoms with Crippen molar-refractivity contribution in [1.29, 1.82) is 0 Å². The molecular weight excluding hydrogens is 401 g/mol. The van der Waals surface area contributed by atoms with Gasteiger partial charge in [-0.05, 0) is 55.0 Å². The Balaban J connectivity index is 1.59. The van der Waals surface area contributed by atoms with E-state index in [0.29, 0.717) is 16.7 Å². The fourth-order valence-corrected chi connectivity index (χ4v) is 3.62. The van der Waals surface area contributed by atoms with E-state index in [4.69, 9.17) is 0 Å². The van der Waals surface area contributed by atoms with Gasteiger partial charge < -0.3 is 5.32 Å². The fraction of sp³-hybridized carbons (Fsp3) is 0.0909. The van der Waals surface area contributed by atoms with E-state index in [2.05, 4.69) is 20.5 Å². The molecule has 6 nitrogen and oxygen atoms in total. The Hall–Kier alpha value is -3.52. The second-order valence-electron chi connectivity index (χ2n) is 6.51. The molecule has 4 aromatic rings. The van der Waals surface area contributed by atoms with Gasteiger partial charge >= 0.3 is 0 Å². The average Bonchev–Trinajstić information content (AvgIpc) is 3.19. The molecule has 8 heteroatoms. The normalized spacial score (nSPS) is 10.7. The molecule has 30 heavy (non-hydrogen) atoms. The van der Waals surface area contributed by atoms with E-state index in [-0.39, 0.29) is 17.5 Å². The summed E-state index contributed by atoms with van der Waals surface area (Å²) >= 11 is 1.28. The first-order valence-corrected chi connectivity index (χ1v) is 10.2. The first-order chi connectivity index (χ1) is 14.6. The van der Waals surface area contributed by atoms with Crippen molar-refractivity contribution in [2.45, 2.75) is 12.1 Å². The smallest absolute Gasteiger partial charge is 0.234 e. The van der Waals surface area contributed by atoms with Gasteiger partial charge in [0.25, 0.3) is 0 Å². The van der Waals surface area contributed by atoms with Crippen molar-refractivity contribution in [2.24, 2.45) is 0 Å². The molecule has 1 amide bonds. The van der Waals surface area contributed by atoms with Crippen LogP contribution in [0.15, 0.2) is 78.2 Å². The minimum Gasteiger partial charge on any atom is -0.324 e. The second kappa shape index (κ2) is 8.87. The molecule has 4 rings (SSSR count). The molecule has 0 atom stereocenters. The van der Waals surface area contributed by atoms with Gasteiger partial charge in [-0.15, -0.1) is 10.2 Å². The maximum atomic E-state index is 13.4. The van der Waals surface area contributed by atoms with Crippen LogP contribution in [0.25, 0.3) is 17.1 Å². The van der Waals surface area contributed by atoms with Crippen LogP contribution in [0, 0.1) is 12.7 Å². The Morgan fingerprint density at radius 3 is 2.57 bits per heavy atom. The Kier molecular flexibility index (Phi) is 5.85. The van der Waals surface area contributed by atoms with Crippen molar-refractivity contribution in [3.05, 3.63) is 84.4 Å². The average molecular weight is 419 g/mol. The first-order valence-electron chi connectivity index (χ1n) is 9.22. The van der Waals surface area contributed by atoms with Crippen LogP contribution in [0.1, 0.15) is 5.56 Å². The van der Waals surface area contributed by atoms with Crippen LogP contribution >= 0.6 is 11.8 Å². The zero-order valence-corrected chi connectivity index (χ0v) is 16.9. The number of thioether (sulfide) groups is 1. The highest BCUT2D eigenvalue weighted by Gasteiger charge is 2.17. The van der Waals surface area contributed by atoms with Gasteiger partial charge in [-0.25, -0.2) is 4.39 Å². The Morgan fingerprint density at radius 1 is 1.07 bits per heavy atom. The number of amides is 1. The zero-order chi connectivity index (χ0) is 20.9. The van der Waals surface area contributed by atoms with Crippen LogP contribution in [0.3, 0.4) is 0 Å². The number of nitrogens with zero attached hydrogens (tertiary/aromatic N) is 4. The molecular formula is C22H18FN5OS. The van der Waals surface area contributed by atoms with Gasteiger partial charge in [0.05, 0.1) is 17.6 Å². The van der Waals surface area contributed by atoms with Crippen molar-refractivity contribution in [2.75, 3.05) is 11.1 Å². The number of carbonyl (C=O) groups excluding carboxylic acids is 1. The molecule has 0 fully saturated rings. The Morgan fingerprint density at radius 2 is 1.83 bits per heavy atom. The zero-order valence-electron chi connectivity index (χ0n) is 16.1. The molecule has 0 aliphatic rings. The van der Waals surface area contributed by atoms with Crippen LogP contribution < -0.4 is 5.32 Å². The molecule has 2 aromatic heterocycles. The summed E-state index contributed by atoms with van der Waals surface area (Å²) in [5.74, 6) is 0.249. The van der Waals surface area contributed by atoms with Gasteiger partial charge in [-0.1, -0.05) is 30.0 Å². The molecule has 0 spiro atoms. The molecule has 0 aliphatic carbocycles. The van der Waals surface area contributed by atoms with Crippen molar-refractivity contribution in [3.8, 4) is 17.1 Å². The monoisotopic (exact) mass is 419 g/mol. The number of pyridine rings is 1. The number of carbonyl (C=O) groups is 1. The van der Waals surface area contributed by atoms with E-state index in [1.807, 2.05) is 47.9 Å². The third-order valence-corrected chi connectivity index (χ3v) is 5.32. The Labute approximate surface area is 177 Å². The molecule has 2 aromatic carbocycles. The topological polar surface area (TPSA) is 72.7 Å². The highest BCUT2D eigenvalue weighted by atomic mass is 32.2. The summed E-state index contributed by atoms with van der Waals surface area (Å²) in [6.07, 6.45) is 3.30. The number of halogens is 1. The highest BCUT2D eigenvalue weighted by molar-refractivity contribution is 7.99. The van der Waals surface area contributed by atoms with Crippen LogP contribution in [0.2, 0.25) is 0 Å². The summed E-state index contributed by atoms with van der Waals surface area (Å²) in [7, 11) is 0. The number of para-hydroxylation sites is 1. The van der Waals surface area contributed by atoms with Gasteiger partial charge in [-0.3, -0.25) is 14.3 Å². The molecule has 0 bridgehead atoms. The number of aryl methyl sites for hydroxylation is 1. The molecule has 0 unspecified atom stereocenters. The molecule has 0 saturated heterocycles. The largest absolute Gasteiger partial charge is 0.324 e. The minimum atomic E-state index is -0.318. The standard InChI is InChI=1S/C22H18FN5OS/c1-15-11-12-24-13-19(15)25-20(29)14-30-22-27-26-21(16-7-9-17(23)10-8-16)28(22)18-5-3-2-4-6-18/h2-13H,14H2,1H3,(H,25,29). The van der Waals surface area contributed by atoms with Crippen molar-refractivity contribution < 1.29 is 9.18 Å². The van der Waals surface area contributed by atoms with Crippen LogP contribution in [-0.2, 0) is 4.79 Å². The summed E-state index contributed by atoms with van der Waals surface area (Å²) in [6, 6.07) is 17.5. The molecule has 0 radical (unpaired) electrons. The predicted molar refractivity (Wildman–Crippen MR) is 115 cm³/mol. The van der Waals surface area contributed by atoms with E-state index < -0.39 is 0 Å². The van der Waals surface area contributed by atoms with Crippen molar-refractivity contribution in [1.82, 2.24) is 19.7 Å². The van der Waals surface area contributed by atoms with Gasteiger partial charge in [0.1, 0.15) is 5.82 Å². The summed E-state index contributed by atoms with van der Waals surface area (Å²) in [5.41, 5.74) is 3.21. The lowest BCUT2D eigenvalue weighted by Crippen LogP contribution is -2.15. The summed E-state index contributed by atoms with van der Waals surface area (Å²) in [6.45, 7) is 1.91. The van der Waals surface area contributed by atoms with E-state index in [9.17, 15) is 9.18 Å². The number of aromatic nitrogens is 4. The second-order valence-corrected chi connectivity index (χ2v) is 7.45. The third kappa shape index (κ3) is 4.38. The lowest BCUT2D eigenvalue weighted by molar-refractivity contribution is -0.113. The lowest BCUT2D eigenvalue weighted by atomic mass is 10.2. The Bertz CT molecular complexity index is 1160. The summed E-state index contributed by atoms with van der Waals surface area (Å²) in [4.78, 5) is 16.5. The molecule has 0 saturated carbocycles. The molecule has 0 aliphatic heterocycles. The quantitative estimate of drug-likeness (QED) is 0.466. The number of hydrogen-bond acceptors (Lipinski definition) is 5. The van der Waals surface area contributed by atoms with Crippen LogP contribution in [-0.4, -0.2) is 31.4 Å². The van der Waals surface area contributed by atoms with E-state index in [0.717, 1.165) is 16.8 Å². The van der Waals surface area contributed by atoms with Gasteiger partial charge in [0.15, 0.2) is 11.0 Å². The number of hydrogen-bond donors (Lipinski definition) is 1. The number of benzene rings is 2. The number of nitrogens with one attached hydrogen (secondary N) is 1. The van der Waals surface area contributed by atoms with Gasteiger partial charge in [-0.2, -0.15) is 0 Å². The predicted octanol–water partition coefficient (Wildman–Crippen LogP) is 4.51. The van der Waals surface area contributed by atoms with Crippen molar-refractivity contribution in [3.63, 3.8) is 0 Å². The van der Waals surface area contributed by atoms with Gasteiger partial charge in [0.2, 0.25) is 5.91 Å². The fourth-order valence-electron chi connectivity index (χ4n) is 2.87. The molecule has 2 heterocycles. The number of anilines is 1. The van der Waals surface area contributed by atoms with Crippen molar-refractivity contribution >= 4 is 23.4 Å². The van der Waals surface area contributed by atoms with Crippen LogP contribution in [0.4, 0.5) is 10.1 Å². The minimum absolute atomic E-state index is 0.155. The third-order valence-electron chi connectivity index (χ3n) is 4.40. The van der Waals surface area contributed by atoms with E-state index in [1.165, 1.54) is 23.9 Å². The summed E-state index contributed by atoms with van der Waals surface area (Å²) < 4.78 is 15.2. The van der Waals surface area contributed by atoms with E-state index in [1.54, 1.807) is 24.5 Å². The van der Waals surface area contributed by atoms with Gasteiger partial charge in [0, 0.05) is 17.4 Å². The highest BCUT2D eigenvalue weighted by Crippen LogP contribution is 2.28. The maximum absolute atomic E-state index is 13.4. The molecule has 150 valence electrons. The maximum Gasteiger partial charge on any atom is 0.234 e. The number of rotatable bonds is 6. The first kappa shape index (κ1) is 19.8. The summed E-state index contributed by atoms with van der Waals surface area (Å²) in [5, 5.41) is 12.0. The SMILES string of the molecule is Cc1ccncc1NC(=O)CSc1nnc(-c2ccc(F)cc2)n1-c1ccccc1. The molecule has 1 N–H and O–H groups in total. The van der Waals surface area contributed by atoms with Crippen LogP contribution in [0.5, 0.6) is 0 Å². The lowest BCUT2D eigenvalue weighted by Gasteiger charge is -2.11. The van der Waals surface area contributed by atoms with E-state index >= 15 is 0 Å².